The van der Waals surface area contributed by atoms with E-state index >= 15 is 0 Å². The van der Waals surface area contributed by atoms with Crippen LogP contribution < -0.4 is 10.2 Å². The third kappa shape index (κ3) is 3.70. The van der Waals surface area contributed by atoms with Crippen molar-refractivity contribution in [2.75, 3.05) is 29.5 Å². The van der Waals surface area contributed by atoms with E-state index in [0.29, 0.717) is 6.54 Å². The molecule has 1 atom stereocenters. The molecular formula is C14H23N3O2S. The summed E-state index contributed by atoms with van der Waals surface area (Å²) in [4.78, 5) is 6.67. The number of aryl methyl sites for hydroxylation is 1. The van der Waals surface area contributed by atoms with Gasteiger partial charge < -0.3 is 10.2 Å². The van der Waals surface area contributed by atoms with Crippen LogP contribution in [0.15, 0.2) is 12.1 Å². The summed E-state index contributed by atoms with van der Waals surface area (Å²) in [5, 5.41) is 3.30. The van der Waals surface area contributed by atoms with E-state index in [9.17, 15) is 8.42 Å². The van der Waals surface area contributed by atoms with Crippen LogP contribution in [0.25, 0.3) is 0 Å². The molecule has 2 heterocycles. The summed E-state index contributed by atoms with van der Waals surface area (Å²) in [6, 6.07) is 4.11. The molecule has 112 valence electrons. The van der Waals surface area contributed by atoms with Crippen molar-refractivity contribution in [3.05, 3.63) is 23.4 Å². The van der Waals surface area contributed by atoms with Gasteiger partial charge in [0.15, 0.2) is 9.84 Å². The van der Waals surface area contributed by atoms with Crippen LogP contribution in [0.4, 0.5) is 5.82 Å². The lowest BCUT2D eigenvalue weighted by atomic mass is 10.2. The van der Waals surface area contributed by atoms with Crippen molar-refractivity contribution in [2.45, 2.75) is 33.4 Å². The first kappa shape index (κ1) is 15.3. The molecule has 1 aliphatic heterocycles. The standard InChI is InChI=1S/C14H23N3O2S/c1-4-15-9-13-7-11(2)16-14(8-13)17-5-6-20(18,19)10-12(17)3/h7-8,12,15H,4-6,9-10H2,1-3H3. The van der Waals surface area contributed by atoms with E-state index in [-0.39, 0.29) is 17.5 Å². The summed E-state index contributed by atoms with van der Waals surface area (Å²) in [6.07, 6.45) is 0. The molecule has 0 aromatic carbocycles. The Hall–Kier alpha value is -1.14. The van der Waals surface area contributed by atoms with Crippen molar-refractivity contribution in [1.82, 2.24) is 10.3 Å². The van der Waals surface area contributed by atoms with Crippen LogP contribution in [0.1, 0.15) is 25.1 Å². The number of pyridine rings is 1. The molecule has 1 fully saturated rings. The summed E-state index contributed by atoms with van der Waals surface area (Å²) in [5.74, 6) is 1.32. The van der Waals surface area contributed by atoms with Gasteiger partial charge in [0.1, 0.15) is 5.82 Å². The summed E-state index contributed by atoms with van der Waals surface area (Å²) in [6.45, 7) is 8.27. The Balaban J connectivity index is 2.22. The number of aromatic nitrogens is 1. The van der Waals surface area contributed by atoms with Crippen LogP contribution in [-0.4, -0.2) is 44.0 Å². The largest absolute Gasteiger partial charge is 0.352 e. The van der Waals surface area contributed by atoms with E-state index in [1.165, 1.54) is 5.56 Å². The fourth-order valence-corrected chi connectivity index (χ4v) is 4.14. The SMILES string of the molecule is CCNCc1cc(C)nc(N2CCS(=O)(=O)CC2C)c1. The Labute approximate surface area is 121 Å². The molecule has 2 rings (SSSR count). The average Bonchev–Trinajstić information content (AvgIpc) is 2.34. The molecule has 0 saturated carbocycles. The highest BCUT2D eigenvalue weighted by Gasteiger charge is 2.29. The van der Waals surface area contributed by atoms with E-state index in [2.05, 4.69) is 34.3 Å². The van der Waals surface area contributed by atoms with Crippen molar-refractivity contribution in [3.63, 3.8) is 0 Å². The highest BCUT2D eigenvalue weighted by atomic mass is 32.2. The van der Waals surface area contributed by atoms with Gasteiger partial charge in [0.2, 0.25) is 0 Å². The molecule has 0 aliphatic carbocycles. The number of nitrogens with one attached hydrogen (secondary N) is 1. The maximum Gasteiger partial charge on any atom is 0.154 e. The first-order chi connectivity index (χ1) is 9.41. The minimum atomic E-state index is -2.89. The van der Waals surface area contributed by atoms with Gasteiger partial charge in [-0.3, -0.25) is 0 Å². The fraction of sp³-hybridized carbons (Fsp3) is 0.643. The van der Waals surface area contributed by atoms with Gasteiger partial charge in [0.05, 0.1) is 11.5 Å². The molecule has 0 amide bonds. The van der Waals surface area contributed by atoms with Crippen molar-refractivity contribution in [1.29, 1.82) is 0 Å². The molecule has 1 saturated heterocycles. The topological polar surface area (TPSA) is 62.3 Å². The molecule has 1 N–H and O–H groups in total. The normalized spacial score (nSPS) is 21.9. The molecule has 1 aromatic rings. The van der Waals surface area contributed by atoms with E-state index in [1.54, 1.807) is 0 Å². The molecule has 0 bridgehead atoms. The van der Waals surface area contributed by atoms with Crippen LogP contribution in [0.3, 0.4) is 0 Å². The average molecular weight is 297 g/mol. The Kier molecular flexibility index (Phi) is 4.65. The lowest BCUT2D eigenvalue weighted by molar-refractivity contribution is 0.566. The molecule has 1 aromatic heterocycles. The lowest BCUT2D eigenvalue weighted by Crippen LogP contribution is -2.47. The van der Waals surface area contributed by atoms with E-state index in [1.807, 2.05) is 13.8 Å². The summed E-state index contributed by atoms with van der Waals surface area (Å²) in [7, 11) is -2.89. The van der Waals surface area contributed by atoms with Crippen molar-refractivity contribution in [2.24, 2.45) is 0 Å². The second-order valence-electron chi connectivity index (χ2n) is 5.41. The number of hydrogen-bond acceptors (Lipinski definition) is 5. The van der Waals surface area contributed by atoms with Gasteiger partial charge in [-0.05, 0) is 38.1 Å². The van der Waals surface area contributed by atoms with Crippen molar-refractivity contribution < 1.29 is 8.42 Å². The van der Waals surface area contributed by atoms with Crippen molar-refractivity contribution in [3.8, 4) is 0 Å². The van der Waals surface area contributed by atoms with Crippen molar-refractivity contribution >= 4 is 15.7 Å². The second-order valence-corrected chi connectivity index (χ2v) is 7.64. The molecule has 20 heavy (non-hydrogen) atoms. The smallest absolute Gasteiger partial charge is 0.154 e. The van der Waals surface area contributed by atoms with Crippen LogP contribution in [0, 0.1) is 6.92 Å². The monoisotopic (exact) mass is 297 g/mol. The van der Waals surface area contributed by atoms with Gasteiger partial charge in [-0.2, -0.15) is 0 Å². The van der Waals surface area contributed by atoms with Crippen LogP contribution in [-0.2, 0) is 16.4 Å². The highest BCUT2D eigenvalue weighted by molar-refractivity contribution is 7.91. The lowest BCUT2D eigenvalue weighted by Gasteiger charge is -2.34. The predicted molar refractivity (Wildman–Crippen MR) is 81.8 cm³/mol. The molecule has 0 radical (unpaired) electrons. The maximum atomic E-state index is 11.7. The third-order valence-corrected chi connectivity index (χ3v) is 5.34. The van der Waals surface area contributed by atoms with Crippen LogP contribution in [0.5, 0.6) is 0 Å². The van der Waals surface area contributed by atoms with E-state index in [4.69, 9.17) is 0 Å². The molecular weight excluding hydrogens is 274 g/mol. The maximum absolute atomic E-state index is 11.7. The third-order valence-electron chi connectivity index (χ3n) is 3.54. The van der Waals surface area contributed by atoms with Gasteiger partial charge in [-0.15, -0.1) is 0 Å². The number of hydrogen-bond donors (Lipinski definition) is 1. The van der Waals surface area contributed by atoms with E-state index in [0.717, 1.165) is 24.6 Å². The molecule has 1 unspecified atom stereocenters. The zero-order valence-electron chi connectivity index (χ0n) is 12.4. The van der Waals surface area contributed by atoms with Gasteiger partial charge in [-0.25, -0.2) is 13.4 Å². The molecule has 5 nitrogen and oxygen atoms in total. The number of rotatable bonds is 4. The summed E-state index contributed by atoms with van der Waals surface area (Å²) in [5.41, 5.74) is 2.16. The van der Waals surface area contributed by atoms with Gasteiger partial charge in [-0.1, -0.05) is 6.92 Å². The Morgan fingerprint density at radius 1 is 1.45 bits per heavy atom. The first-order valence-electron chi connectivity index (χ1n) is 7.06. The minimum absolute atomic E-state index is 0.0185. The Morgan fingerprint density at radius 3 is 2.85 bits per heavy atom. The minimum Gasteiger partial charge on any atom is -0.352 e. The summed E-state index contributed by atoms with van der Waals surface area (Å²) >= 11 is 0. The highest BCUT2D eigenvalue weighted by Crippen LogP contribution is 2.21. The van der Waals surface area contributed by atoms with Gasteiger partial charge >= 0.3 is 0 Å². The summed E-state index contributed by atoms with van der Waals surface area (Å²) < 4.78 is 23.3. The molecule has 1 aliphatic rings. The quantitative estimate of drug-likeness (QED) is 0.902. The van der Waals surface area contributed by atoms with Gasteiger partial charge in [0.25, 0.3) is 0 Å². The van der Waals surface area contributed by atoms with Crippen LogP contribution >= 0.6 is 0 Å². The molecule has 6 heteroatoms. The number of anilines is 1. The Bertz CT molecular complexity index is 572. The first-order valence-corrected chi connectivity index (χ1v) is 8.89. The zero-order valence-corrected chi connectivity index (χ0v) is 13.2. The van der Waals surface area contributed by atoms with Crippen LogP contribution in [0.2, 0.25) is 0 Å². The van der Waals surface area contributed by atoms with Gasteiger partial charge in [0, 0.05) is 24.8 Å². The number of sulfone groups is 1. The predicted octanol–water partition coefficient (Wildman–Crippen LogP) is 1.12. The number of nitrogens with zero attached hydrogens (tertiary/aromatic N) is 2. The molecule has 0 spiro atoms. The zero-order chi connectivity index (χ0) is 14.8. The Morgan fingerprint density at radius 2 is 2.20 bits per heavy atom. The van der Waals surface area contributed by atoms with E-state index < -0.39 is 9.84 Å². The second kappa shape index (κ2) is 6.10. The fourth-order valence-electron chi connectivity index (χ4n) is 2.58.